The van der Waals surface area contributed by atoms with E-state index in [0.29, 0.717) is 11.6 Å². The van der Waals surface area contributed by atoms with Gasteiger partial charge in [-0.3, -0.25) is 19.8 Å². The number of benzene rings is 1. The molecule has 5 nitrogen and oxygen atoms in total. The fourth-order valence-corrected chi connectivity index (χ4v) is 3.24. The molecule has 122 valence electrons. The van der Waals surface area contributed by atoms with Crippen molar-refractivity contribution in [3.8, 4) is 5.69 Å². The lowest BCUT2D eigenvalue weighted by molar-refractivity contribution is 0.244. The Bertz CT molecular complexity index is 899. The normalized spacial score (nSPS) is 14.5. The van der Waals surface area contributed by atoms with Crippen LogP contribution in [0.3, 0.4) is 0 Å². The third-order valence-corrected chi connectivity index (χ3v) is 4.60. The van der Waals surface area contributed by atoms with E-state index < -0.39 is 0 Å². The Morgan fingerprint density at radius 2 is 2.04 bits per heavy atom. The molecule has 1 aliphatic heterocycles. The standard InChI is InChI=1S/C18H17ClN4O/c19-14-3-5-15(6-4-14)23-18(24)16-12-22(9-7-17(16)21-23)11-13-2-1-8-20-10-13/h1-6,8,10,21H,7,9,11-12H2. The second-order valence-corrected chi connectivity index (χ2v) is 6.44. The van der Waals surface area contributed by atoms with Gasteiger partial charge < -0.3 is 0 Å². The van der Waals surface area contributed by atoms with Crippen LogP contribution in [-0.2, 0) is 19.5 Å². The van der Waals surface area contributed by atoms with Crippen molar-refractivity contribution in [2.24, 2.45) is 0 Å². The van der Waals surface area contributed by atoms with Crippen LogP contribution in [0.1, 0.15) is 16.8 Å². The van der Waals surface area contributed by atoms with Crippen molar-refractivity contribution in [2.45, 2.75) is 19.5 Å². The summed E-state index contributed by atoms with van der Waals surface area (Å²) in [5.74, 6) is 0. The van der Waals surface area contributed by atoms with Gasteiger partial charge in [-0.1, -0.05) is 17.7 Å². The monoisotopic (exact) mass is 340 g/mol. The molecule has 0 saturated heterocycles. The molecule has 0 atom stereocenters. The molecule has 0 spiro atoms. The van der Waals surface area contributed by atoms with E-state index in [2.05, 4.69) is 21.0 Å². The Labute approximate surface area is 144 Å². The van der Waals surface area contributed by atoms with Gasteiger partial charge in [0.2, 0.25) is 0 Å². The number of rotatable bonds is 3. The molecule has 0 amide bonds. The Morgan fingerprint density at radius 1 is 1.21 bits per heavy atom. The molecule has 0 radical (unpaired) electrons. The molecular formula is C18H17ClN4O. The summed E-state index contributed by atoms with van der Waals surface area (Å²) < 4.78 is 1.61. The SMILES string of the molecule is O=c1c2c([nH]n1-c1ccc(Cl)cc1)CCN(Cc1cccnc1)C2. The Hall–Kier alpha value is -2.37. The average molecular weight is 341 g/mol. The molecule has 0 unspecified atom stereocenters. The van der Waals surface area contributed by atoms with Gasteiger partial charge in [0.05, 0.1) is 11.3 Å². The first kappa shape index (κ1) is 15.2. The molecule has 0 bridgehead atoms. The quantitative estimate of drug-likeness (QED) is 0.797. The minimum atomic E-state index is 0.0169. The largest absolute Gasteiger partial charge is 0.295 e. The van der Waals surface area contributed by atoms with Crippen molar-refractivity contribution in [1.82, 2.24) is 19.7 Å². The van der Waals surface area contributed by atoms with Gasteiger partial charge in [0, 0.05) is 49.2 Å². The first-order valence-electron chi connectivity index (χ1n) is 7.91. The summed E-state index contributed by atoms with van der Waals surface area (Å²) >= 11 is 5.93. The molecule has 3 aromatic rings. The summed E-state index contributed by atoms with van der Waals surface area (Å²) in [4.78, 5) is 19.2. The highest BCUT2D eigenvalue weighted by Crippen LogP contribution is 2.18. The highest BCUT2D eigenvalue weighted by atomic mass is 35.5. The van der Waals surface area contributed by atoms with Gasteiger partial charge >= 0.3 is 0 Å². The Morgan fingerprint density at radius 3 is 2.79 bits per heavy atom. The summed E-state index contributed by atoms with van der Waals surface area (Å²) in [6.07, 6.45) is 4.48. The highest BCUT2D eigenvalue weighted by molar-refractivity contribution is 6.30. The van der Waals surface area contributed by atoms with Gasteiger partial charge in [0.25, 0.3) is 5.56 Å². The lowest BCUT2D eigenvalue weighted by atomic mass is 10.1. The molecule has 2 aromatic heterocycles. The molecule has 1 N–H and O–H groups in total. The fourth-order valence-electron chi connectivity index (χ4n) is 3.12. The summed E-state index contributed by atoms with van der Waals surface area (Å²) in [5, 5.41) is 3.90. The molecule has 1 aliphatic rings. The number of pyridine rings is 1. The number of aromatic amines is 1. The van der Waals surface area contributed by atoms with Crippen molar-refractivity contribution < 1.29 is 0 Å². The van der Waals surface area contributed by atoms with E-state index in [4.69, 9.17) is 11.6 Å². The van der Waals surface area contributed by atoms with E-state index in [1.54, 1.807) is 23.0 Å². The number of hydrogen-bond acceptors (Lipinski definition) is 3. The van der Waals surface area contributed by atoms with Gasteiger partial charge in [-0.05, 0) is 35.9 Å². The van der Waals surface area contributed by atoms with Crippen molar-refractivity contribution in [3.05, 3.63) is 81.0 Å². The van der Waals surface area contributed by atoms with Gasteiger partial charge in [-0.25, -0.2) is 4.68 Å². The summed E-state index contributed by atoms with van der Waals surface area (Å²) in [5.41, 5.74) is 3.85. The number of nitrogens with zero attached hydrogens (tertiary/aromatic N) is 3. The van der Waals surface area contributed by atoms with Gasteiger partial charge in [0.15, 0.2) is 0 Å². The van der Waals surface area contributed by atoms with Crippen molar-refractivity contribution in [3.63, 3.8) is 0 Å². The first-order chi connectivity index (χ1) is 11.7. The minimum absolute atomic E-state index is 0.0169. The number of hydrogen-bond donors (Lipinski definition) is 1. The van der Waals surface area contributed by atoms with Gasteiger partial charge in [0.1, 0.15) is 0 Å². The summed E-state index contributed by atoms with van der Waals surface area (Å²) in [7, 11) is 0. The Balaban J connectivity index is 1.60. The molecule has 1 aromatic carbocycles. The Kier molecular flexibility index (Phi) is 3.96. The van der Waals surface area contributed by atoms with Crippen LogP contribution in [0.5, 0.6) is 0 Å². The maximum Gasteiger partial charge on any atom is 0.275 e. The average Bonchev–Trinajstić information content (AvgIpc) is 2.93. The fraction of sp³-hybridized carbons (Fsp3) is 0.222. The number of H-pyrrole nitrogens is 1. The molecule has 3 heterocycles. The molecule has 0 aliphatic carbocycles. The third kappa shape index (κ3) is 2.88. The van der Waals surface area contributed by atoms with Gasteiger partial charge in [-0.2, -0.15) is 0 Å². The van der Waals surface area contributed by atoms with E-state index in [9.17, 15) is 4.79 Å². The number of halogens is 1. The number of fused-ring (bicyclic) bond motifs is 1. The van der Waals surface area contributed by atoms with Crippen LogP contribution < -0.4 is 5.56 Å². The molecule has 6 heteroatoms. The minimum Gasteiger partial charge on any atom is -0.295 e. The van der Waals surface area contributed by atoms with Crippen molar-refractivity contribution >= 4 is 11.6 Å². The van der Waals surface area contributed by atoms with Crippen LogP contribution >= 0.6 is 11.6 Å². The maximum atomic E-state index is 12.8. The smallest absolute Gasteiger partial charge is 0.275 e. The van der Waals surface area contributed by atoms with Crippen LogP contribution in [0.25, 0.3) is 5.69 Å². The first-order valence-corrected chi connectivity index (χ1v) is 8.28. The third-order valence-electron chi connectivity index (χ3n) is 4.35. The predicted octanol–water partition coefficient (Wildman–Crippen LogP) is 2.77. The maximum absolute atomic E-state index is 12.8. The van der Waals surface area contributed by atoms with Crippen LogP contribution in [0, 0.1) is 0 Å². The molecule has 4 rings (SSSR count). The summed E-state index contributed by atoms with van der Waals surface area (Å²) in [6.45, 7) is 2.38. The van der Waals surface area contributed by atoms with E-state index in [0.717, 1.165) is 42.0 Å². The lowest BCUT2D eigenvalue weighted by Gasteiger charge is -2.25. The molecule has 0 saturated carbocycles. The zero-order valence-electron chi connectivity index (χ0n) is 13.1. The zero-order valence-corrected chi connectivity index (χ0v) is 13.8. The zero-order chi connectivity index (χ0) is 16.5. The van der Waals surface area contributed by atoms with E-state index in [1.807, 2.05) is 24.4 Å². The number of aromatic nitrogens is 3. The second-order valence-electron chi connectivity index (χ2n) is 6.01. The predicted molar refractivity (Wildman–Crippen MR) is 93.5 cm³/mol. The van der Waals surface area contributed by atoms with Crippen molar-refractivity contribution in [2.75, 3.05) is 6.54 Å². The molecule has 24 heavy (non-hydrogen) atoms. The second kappa shape index (κ2) is 6.26. The topological polar surface area (TPSA) is 53.9 Å². The van der Waals surface area contributed by atoms with E-state index >= 15 is 0 Å². The summed E-state index contributed by atoms with van der Waals surface area (Å²) in [6, 6.07) is 11.3. The van der Waals surface area contributed by atoms with Crippen molar-refractivity contribution in [1.29, 1.82) is 0 Å². The van der Waals surface area contributed by atoms with Crippen LogP contribution in [0.4, 0.5) is 0 Å². The highest BCUT2D eigenvalue weighted by Gasteiger charge is 2.23. The lowest BCUT2D eigenvalue weighted by Crippen LogP contribution is -2.32. The van der Waals surface area contributed by atoms with Crippen LogP contribution in [-0.4, -0.2) is 26.2 Å². The van der Waals surface area contributed by atoms with Gasteiger partial charge in [-0.15, -0.1) is 0 Å². The molecular weight excluding hydrogens is 324 g/mol. The number of nitrogens with one attached hydrogen (secondary N) is 1. The molecule has 0 fully saturated rings. The van der Waals surface area contributed by atoms with E-state index in [1.165, 1.54) is 0 Å². The van der Waals surface area contributed by atoms with Crippen LogP contribution in [0.15, 0.2) is 53.6 Å². The van der Waals surface area contributed by atoms with E-state index in [-0.39, 0.29) is 5.56 Å². The van der Waals surface area contributed by atoms with Crippen LogP contribution in [0.2, 0.25) is 5.02 Å².